The van der Waals surface area contributed by atoms with E-state index in [4.69, 9.17) is 16.3 Å². The molecule has 1 amide bonds. The Bertz CT molecular complexity index is 1090. The van der Waals surface area contributed by atoms with Crippen LogP contribution in [0.1, 0.15) is 58.1 Å². The maximum atomic E-state index is 12.9. The third-order valence-electron chi connectivity index (χ3n) is 6.13. The molecule has 4 rings (SSSR count). The van der Waals surface area contributed by atoms with Gasteiger partial charge >= 0.3 is 0 Å². The van der Waals surface area contributed by atoms with Crippen molar-refractivity contribution in [2.24, 2.45) is 0 Å². The van der Waals surface area contributed by atoms with Crippen molar-refractivity contribution < 1.29 is 19.4 Å². The van der Waals surface area contributed by atoms with Gasteiger partial charge in [0.15, 0.2) is 5.78 Å². The first-order valence-corrected chi connectivity index (χ1v) is 11.9. The molecule has 3 aromatic carbocycles. The Kier molecular flexibility index (Phi) is 7.99. The van der Waals surface area contributed by atoms with Crippen LogP contribution in [0, 0.1) is 0 Å². The van der Waals surface area contributed by atoms with Gasteiger partial charge in [0.05, 0.1) is 6.10 Å². The van der Waals surface area contributed by atoms with E-state index in [9.17, 15) is 14.7 Å². The van der Waals surface area contributed by atoms with Crippen LogP contribution in [0.5, 0.6) is 5.75 Å². The molecule has 0 spiro atoms. The van der Waals surface area contributed by atoms with Crippen LogP contribution in [0.2, 0.25) is 5.02 Å². The minimum absolute atomic E-state index is 0.0385. The number of hydrogen-bond donors (Lipinski definition) is 1. The molecule has 1 fully saturated rings. The molecule has 0 radical (unpaired) electrons. The quantitative estimate of drug-likeness (QED) is 0.421. The van der Waals surface area contributed by atoms with E-state index >= 15 is 0 Å². The fourth-order valence-corrected chi connectivity index (χ4v) is 4.24. The fraction of sp³-hybridized carbons (Fsp3) is 0.286. The number of aliphatic hydroxyl groups excluding tert-OH is 1. The summed E-state index contributed by atoms with van der Waals surface area (Å²) in [7, 11) is 0. The van der Waals surface area contributed by atoms with E-state index in [2.05, 4.69) is 0 Å². The Hall–Kier alpha value is -3.15. The van der Waals surface area contributed by atoms with E-state index in [0.717, 1.165) is 24.2 Å². The number of hydrogen-bond acceptors (Lipinski definition) is 4. The predicted octanol–water partition coefficient (Wildman–Crippen LogP) is 5.72. The summed E-state index contributed by atoms with van der Waals surface area (Å²) in [6.07, 6.45) is 1.51. The summed E-state index contributed by atoms with van der Waals surface area (Å²) in [5.74, 6) is 0.698. The van der Waals surface area contributed by atoms with E-state index < -0.39 is 6.10 Å². The van der Waals surface area contributed by atoms with Gasteiger partial charge in [0, 0.05) is 48.5 Å². The molecular formula is C28H28ClNO4. The number of ketones is 1. The lowest BCUT2D eigenvalue weighted by Gasteiger charge is -2.32. The molecule has 0 aromatic heterocycles. The molecular weight excluding hydrogens is 450 g/mol. The molecule has 0 bridgehead atoms. The first-order valence-electron chi connectivity index (χ1n) is 11.6. The minimum atomic E-state index is -0.669. The summed E-state index contributed by atoms with van der Waals surface area (Å²) in [5.41, 5.74) is 1.92. The lowest BCUT2D eigenvalue weighted by atomic mass is 9.99. The monoisotopic (exact) mass is 477 g/mol. The van der Waals surface area contributed by atoms with Crippen LogP contribution in [0.25, 0.3) is 0 Å². The third-order valence-corrected chi connectivity index (χ3v) is 6.38. The van der Waals surface area contributed by atoms with E-state index in [1.807, 2.05) is 47.4 Å². The number of Topliss-reactive ketones (excluding diaryl/α,β-unsaturated/α-hetero) is 1. The van der Waals surface area contributed by atoms with Crippen LogP contribution < -0.4 is 4.74 Å². The Labute approximate surface area is 204 Å². The van der Waals surface area contributed by atoms with Crippen LogP contribution >= 0.6 is 11.6 Å². The summed E-state index contributed by atoms with van der Waals surface area (Å²) in [6, 6.07) is 23.4. The summed E-state index contributed by atoms with van der Waals surface area (Å²) < 4.78 is 6.00. The molecule has 34 heavy (non-hydrogen) atoms. The van der Waals surface area contributed by atoms with Crippen molar-refractivity contribution in [3.8, 4) is 5.75 Å². The number of carbonyl (C=O) groups is 2. The summed E-state index contributed by atoms with van der Waals surface area (Å²) >= 11 is 5.92. The highest BCUT2D eigenvalue weighted by molar-refractivity contribution is 6.30. The zero-order chi connectivity index (χ0) is 23.9. The number of nitrogens with zero attached hydrogens (tertiary/aromatic N) is 1. The predicted molar refractivity (Wildman–Crippen MR) is 132 cm³/mol. The van der Waals surface area contributed by atoms with Crippen LogP contribution in [0.3, 0.4) is 0 Å². The maximum Gasteiger partial charge on any atom is 0.253 e. The van der Waals surface area contributed by atoms with E-state index in [1.165, 1.54) is 0 Å². The van der Waals surface area contributed by atoms with Crippen LogP contribution in [-0.4, -0.2) is 40.9 Å². The summed E-state index contributed by atoms with van der Waals surface area (Å²) in [5, 5.41) is 10.9. The van der Waals surface area contributed by atoms with Gasteiger partial charge in [0.2, 0.25) is 0 Å². The Balaban J connectivity index is 1.26. The number of carbonyl (C=O) groups excluding carboxylic acids is 2. The molecule has 0 aliphatic carbocycles. The second-order valence-electron chi connectivity index (χ2n) is 8.53. The van der Waals surface area contributed by atoms with Crippen molar-refractivity contribution in [2.45, 2.75) is 37.9 Å². The van der Waals surface area contributed by atoms with Crippen LogP contribution in [0.4, 0.5) is 0 Å². The molecule has 1 saturated heterocycles. The highest BCUT2D eigenvalue weighted by atomic mass is 35.5. The summed E-state index contributed by atoms with van der Waals surface area (Å²) in [4.78, 5) is 27.3. The van der Waals surface area contributed by atoms with E-state index in [1.54, 1.807) is 36.4 Å². The van der Waals surface area contributed by atoms with Crippen molar-refractivity contribution >= 4 is 23.3 Å². The Morgan fingerprint density at radius 3 is 2.18 bits per heavy atom. The summed E-state index contributed by atoms with van der Waals surface area (Å²) in [6.45, 7) is 1.24. The van der Waals surface area contributed by atoms with Gasteiger partial charge in [-0.15, -0.1) is 0 Å². The largest absolute Gasteiger partial charge is 0.490 e. The number of ether oxygens (including phenoxy) is 1. The number of amides is 1. The molecule has 1 aliphatic rings. The van der Waals surface area contributed by atoms with Gasteiger partial charge in [-0.1, -0.05) is 54.1 Å². The number of halogens is 1. The molecule has 3 aromatic rings. The normalized spacial score (nSPS) is 15.1. The first-order chi connectivity index (χ1) is 16.5. The van der Waals surface area contributed by atoms with Crippen LogP contribution in [-0.2, 0) is 0 Å². The SMILES string of the molecule is O=C(CC[C@@H](O)c1ccccc1)c1ccc(C(=O)N2CCC(Oc3ccc(Cl)cc3)CC2)cc1. The van der Waals surface area contributed by atoms with Gasteiger partial charge in [-0.2, -0.15) is 0 Å². The average Bonchev–Trinajstić information content (AvgIpc) is 2.89. The van der Waals surface area contributed by atoms with Crippen molar-refractivity contribution in [1.82, 2.24) is 4.90 Å². The highest BCUT2D eigenvalue weighted by Crippen LogP contribution is 2.23. The van der Waals surface area contributed by atoms with Crippen molar-refractivity contribution in [3.05, 3.63) is 101 Å². The molecule has 176 valence electrons. The molecule has 6 heteroatoms. The van der Waals surface area contributed by atoms with Crippen molar-refractivity contribution in [3.63, 3.8) is 0 Å². The van der Waals surface area contributed by atoms with Gasteiger partial charge in [-0.05, 0) is 48.4 Å². The van der Waals surface area contributed by atoms with Crippen molar-refractivity contribution in [1.29, 1.82) is 0 Å². The lowest BCUT2D eigenvalue weighted by molar-refractivity contribution is 0.0595. The zero-order valence-corrected chi connectivity index (χ0v) is 19.7. The standard InChI is InChI=1S/C28H28ClNO4/c29-23-10-12-24(13-11-23)34-25-16-18-30(19-17-25)28(33)22-8-6-21(7-9-22)27(32)15-14-26(31)20-4-2-1-3-5-20/h1-13,25-26,31H,14-19H2/t26-/m1/s1. The molecule has 1 atom stereocenters. The number of aliphatic hydroxyl groups is 1. The fourth-order valence-electron chi connectivity index (χ4n) is 4.12. The Morgan fingerprint density at radius 2 is 1.53 bits per heavy atom. The topological polar surface area (TPSA) is 66.8 Å². The van der Waals surface area contributed by atoms with Gasteiger partial charge in [0.25, 0.3) is 5.91 Å². The zero-order valence-electron chi connectivity index (χ0n) is 18.9. The van der Waals surface area contributed by atoms with E-state index in [-0.39, 0.29) is 24.2 Å². The number of rotatable bonds is 8. The second-order valence-corrected chi connectivity index (χ2v) is 8.97. The number of likely N-dealkylation sites (tertiary alicyclic amines) is 1. The van der Waals surface area contributed by atoms with E-state index in [0.29, 0.717) is 35.7 Å². The maximum absolute atomic E-state index is 12.9. The first kappa shape index (κ1) is 24.0. The molecule has 1 aliphatic heterocycles. The number of piperidine rings is 1. The lowest BCUT2D eigenvalue weighted by Crippen LogP contribution is -2.41. The van der Waals surface area contributed by atoms with Crippen LogP contribution in [0.15, 0.2) is 78.9 Å². The van der Waals surface area contributed by atoms with Gasteiger partial charge in [0.1, 0.15) is 11.9 Å². The van der Waals surface area contributed by atoms with Gasteiger partial charge < -0.3 is 14.7 Å². The third kappa shape index (κ3) is 6.25. The molecule has 0 saturated carbocycles. The number of benzene rings is 3. The second kappa shape index (κ2) is 11.3. The molecule has 0 unspecified atom stereocenters. The highest BCUT2D eigenvalue weighted by Gasteiger charge is 2.25. The van der Waals surface area contributed by atoms with Crippen molar-refractivity contribution in [2.75, 3.05) is 13.1 Å². The van der Waals surface area contributed by atoms with Gasteiger partial charge in [-0.25, -0.2) is 0 Å². The smallest absolute Gasteiger partial charge is 0.253 e. The van der Waals surface area contributed by atoms with Gasteiger partial charge in [-0.3, -0.25) is 9.59 Å². The minimum Gasteiger partial charge on any atom is -0.490 e. The average molecular weight is 478 g/mol. The molecule has 1 N–H and O–H groups in total. The molecule has 5 nitrogen and oxygen atoms in total. The Morgan fingerprint density at radius 1 is 0.912 bits per heavy atom. The molecule has 1 heterocycles.